The molecule has 2 aromatic carbocycles. The van der Waals surface area contributed by atoms with E-state index in [0.29, 0.717) is 13.2 Å². The molecule has 0 saturated heterocycles. The zero-order valence-corrected chi connectivity index (χ0v) is 19.2. The monoisotopic (exact) mass is 457 g/mol. The van der Waals surface area contributed by atoms with Gasteiger partial charge in [0.05, 0.1) is 19.8 Å². The van der Waals surface area contributed by atoms with Gasteiger partial charge in [-0.1, -0.05) is 48.5 Å². The Kier molecular flexibility index (Phi) is 8.26. The minimum absolute atomic E-state index is 0.0203. The van der Waals surface area contributed by atoms with Gasteiger partial charge in [0.25, 0.3) is 0 Å². The van der Waals surface area contributed by atoms with E-state index in [9.17, 15) is 9.59 Å². The summed E-state index contributed by atoms with van der Waals surface area (Å²) in [4.78, 5) is 29.9. The van der Waals surface area contributed by atoms with Crippen molar-refractivity contribution in [3.05, 3.63) is 59.7 Å². The molecule has 33 heavy (non-hydrogen) atoms. The van der Waals surface area contributed by atoms with Gasteiger partial charge < -0.3 is 19.9 Å². The average Bonchev–Trinajstić information content (AvgIpc) is 3.09. The number of ether oxygens (including phenoxy) is 3. The predicted molar refractivity (Wildman–Crippen MR) is 122 cm³/mol. The summed E-state index contributed by atoms with van der Waals surface area (Å²) in [7, 11) is 0. The van der Waals surface area contributed by atoms with Crippen LogP contribution in [0.3, 0.4) is 0 Å². The molecular weight excluding hydrogens is 426 g/mol. The number of carbonyl (C=O) groups excluding carboxylic acids is 2. The van der Waals surface area contributed by atoms with Crippen molar-refractivity contribution in [3.8, 4) is 11.1 Å². The molecule has 3 N–H and O–H groups in total. The van der Waals surface area contributed by atoms with E-state index in [1.54, 1.807) is 20.8 Å². The van der Waals surface area contributed by atoms with Crippen molar-refractivity contribution >= 4 is 12.2 Å². The second-order valence-corrected chi connectivity index (χ2v) is 8.50. The number of hydrogen-bond donors (Lipinski definition) is 2. The molecule has 9 heteroatoms. The van der Waals surface area contributed by atoms with E-state index < -0.39 is 17.8 Å². The highest BCUT2D eigenvalue weighted by Crippen LogP contribution is 2.44. The van der Waals surface area contributed by atoms with Crippen molar-refractivity contribution in [2.24, 2.45) is 5.73 Å². The van der Waals surface area contributed by atoms with Crippen LogP contribution in [0.25, 0.3) is 11.1 Å². The Morgan fingerprint density at radius 1 is 1.00 bits per heavy atom. The molecular formula is C24H31N3O6. The highest BCUT2D eigenvalue weighted by molar-refractivity contribution is 5.79. The van der Waals surface area contributed by atoms with Gasteiger partial charge in [0.15, 0.2) is 0 Å². The van der Waals surface area contributed by atoms with Crippen LogP contribution in [0.5, 0.6) is 0 Å². The number of amides is 2. The summed E-state index contributed by atoms with van der Waals surface area (Å²) in [5.41, 5.74) is 11.3. The molecule has 0 bridgehead atoms. The largest absolute Gasteiger partial charge is 0.447 e. The molecule has 2 aromatic rings. The Labute approximate surface area is 193 Å². The molecule has 0 spiro atoms. The van der Waals surface area contributed by atoms with Gasteiger partial charge in [0, 0.05) is 12.5 Å². The van der Waals surface area contributed by atoms with Gasteiger partial charge in [-0.25, -0.2) is 9.59 Å². The van der Waals surface area contributed by atoms with E-state index in [0.717, 1.165) is 27.3 Å². The third-order valence-electron chi connectivity index (χ3n) is 4.88. The minimum Gasteiger partial charge on any atom is -0.447 e. The number of carbonyl (C=O) groups is 2. The number of benzene rings is 2. The van der Waals surface area contributed by atoms with Crippen LogP contribution in [0.1, 0.15) is 37.8 Å². The maximum Gasteiger partial charge on any atom is 0.436 e. The third kappa shape index (κ3) is 6.67. The smallest absolute Gasteiger partial charge is 0.436 e. The van der Waals surface area contributed by atoms with E-state index in [2.05, 4.69) is 17.6 Å². The average molecular weight is 458 g/mol. The van der Waals surface area contributed by atoms with Gasteiger partial charge >= 0.3 is 12.2 Å². The molecule has 2 amide bonds. The molecule has 9 nitrogen and oxygen atoms in total. The van der Waals surface area contributed by atoms with Gasteiger partial charge in [0.1, 0.15) is 12.2 Å². The summed E-state index contributed by atoms with van der Waals surface area (Å²) in [6, 6.07) is 16.1. The Bertz CT molecular complexity index is 914. The Morgan fingerprint density at radius 3 is 2.18 bits per heavy atom. The summed E-state index contributed by atoms with van der Waals surface area (Å²) in [5, 5.41) is 0.882. The van der Waals surface area contributed by atoms with Crippen molar-refractivity contribution in [2.75, 3.05) is 32.9 Å². The van der Waals surface area contributed by atoms with Gasteiger partial charge in [-0.2, -0.15) is 10.5 Å². The molecule has 1 aliphatic carbocycles. The minimum atomic E-state index is -0.832. The first-order valence-electron chi connectivity index (χ1n) is 10.9. The Hall–Kier alpha value is -3.14. The van der Waals surface area contributed by atoms with Crippen molar-refractivity contribution < 1.29 is 28.7 Å². The molecule has 0 atom stereocenters. The molecule has 3 rings (SSSR count). The van der Waals surface area contributed by atoms with Gasteiger partial charge in [-0.3, -0.25) is 0 Å². The summed E-state index contributed by atoms with van der Waals surface area (Å²) in [6.07, 6.45) is -1.59. The second-order valence-electron chi connectivity index (χ2n) is 8.50. The zero-order chi connectivity index (χ0) is 23.8. The molecule has 0 unspecified atom stereocenters. The highest BCUT2D eigenvalue weighted by Gasteiger charge is 2.30. The van der Waals surface area contributed by atoms with Crippen LogP contribution in [-0.4, -0.2) is 55.8 Å². The predicted octanol–water partition coefficient (Wildman–Crippen LogP) is 3.58. The maximum absolute atomic E-state index is 12.8. The molecule has 0 heterocycles. The van der Waals surface area contributed by atoms with Gasteiger partial charge in [-0.05, 0) is 43.0 Å². The van der Waals surface area contributed by atoms with E-state index in [4.69, 9.17) is 24.9 Å². The fraction of sp³-hybridized carbons (Fsp3) is 0.417. The normalized spacial score (nSPS) is 12.6. The second kappa shape index (κ2) is 11.1. The van der Waals surface area contributed by atoms with Gasteiger partial charge in [0.2, 0.25) is 0 Å². The molecule has 1 aliphatic rings. The number of nitrogens with zero attached hydrogens (tertiary/aromatic N) is 1. The van der Waals surface area contributed by atoms with E-state index in [1.807, 2.05) is 36.4 Å². The maximum atomic E-state index is 12.8. The van der Waals surface area contributed by atoms with Crippen LogP contribution in [-0.2, 0) is 19.1 Å². The number of nitrogens with two attached hydrogens (primary N) is 1. The fourth-order valence-electron chi connectivity index (χ4n) is 3.56. The highest BCUT2D eigenvalue weighted by atomic mass is 16.9. The number of nitrogens with one attached hydrogen (secondary N) is 1. The standard InChI is InChI=1S/C24H31N3O6/c1-24(2,3)32-22(28)26-33-27(13-15-30-14-12-25)23(29)31-16-21-19-10-6-4-8-17(19)18-9-5-7-11-20(18)21/h4-11,21H,12-16,25H2,1-3H3,(H,26,28). The lowest BCUT2D eigenvalue weighted by Crippen LogP contribution is -2.43. The lowest BCUT2D eigenvalue weighted by molar-refractivity contribution is -0.185. The van der Waals surface area contributed by atoms with Gasteiger partial charge in [-0.15, -0.1) is 4.94 Å². The van der Waals surface area contributed by atoms with Crippen LogP contribution in [0.15, 0.2) is 48.5 Å². The first kappa shape index (κ1) is 24.5. The number of hydrogen-bond acceptors (Lipinski definition) is 7. The van der Waals surface area contributed by atoms with Crippen LogP contribution in [0.2, 0.25) is 0 Å². The van der Waals surface area contributed by atoms with E-state index in [1.165, 1.54) is 0 Å². The topological polar surface area (TPSA) is 112 Å². The lowest BCUT2D eigenvalue weighted by atomic mass is 9.98. The molecule has 0 saturated carbocycles. The van der Waals surface area contributed by atoms with Crippen LogP contribution < -0.4 is 11.2 Å². The molecule has 0 aromatic heterocycles. The first-order chi connectivity index (χ1) is 15.8. The molecule has 0 aliphatic heterocycles. The zero-order valence-electron chi connectivity index (χ0n) is 19.2. The number of hydroxylamine groups is 3. The van der Waals surface area contributed by atoms with Crippen molar-refractivity contribution in [1.82, 2.24) is 10.5 Å². The summed E-state index contributed by atoms with van der Waals surface area (Å²) in [5.74, 6) is -0.101. The Morgan fingerprint density at radius 2 is 1.61 bits per heavy atom. The van der Waals surface area contributed by atoms with Crippen LogP contribution >= 0.6 is 0 Å². The number of fused-ring (bicyclic) bond motifs is 3. The quantitative estimate of drug-likeness (QED) is 0.437. The first-order valence-corrected chi connectivity index (χ1v) is 10.9. The van der Waals surface area contributed by atoms with E-state index >= 15 is 0 Å². The van der Waals surface area contributed by atoms with Crippen molar-refractivity contribution in [2.45, 2.75) is 32.3 Å². The van der Waals surface area contributed by atoms with Crippen LogP contribution in [0.4, 0.5) is 9.59 Å². The van der Waals surface area contributed by atoms with Crippen molar-refractivity contribution in [3.63, 3.8) is 0 Å². The summed E-state index contributed by atoms with van der Waals surface area (Å²) < 4.78 is 16.0. The Balaban J connectivity index is 1.64. The molecule has 0 radical (unpaired) electrons. The molecule has 0 fully saturated rings. The number of rotatable bonds is 9. The SMILES string of the molecule is CC(C)(C)OC(=O)NON(CCOCCN)C(=O)OCC1c2ccccc2-c2ccccc21. The lowest BCUT2D eigenvalue weighted by Gasteiger charge is -2.24. The fourth-order valence-corrected chi connectivity index (χ4v) is 3.56. The third-order valence-corrected chi connectivity index (χ3v) is 4.88. The molecule has 178 valence electrons. The summed E-state index contributed by atoms with van der Waals surface area (Å²) in [6.45, 7) is 6.12. The van der Waals surface area contributed by atoms with E-state index in [-0.39, 0.29) is 25.7 Å². The summed E-state index contributed by atoms with van der Waals surface area (Å²) >= 11 is 0. The van der Waals surface area contributed by atoms with Crippen LogP contribution in [0, 0.1) is 0 Å². The van der Waals surface area contributed by atoms with Crippen molar-refractivity contribution in [1.29, 1.82) is 0 Å².